The Labute approximate surface area is 121 Å². The lowest BCUT2D eigenvalue weighted by Crippen LogP contribution is -2.00. The van der Waals surface area contributed by atoms with Crippen LogP contribution in [0.5, 0.6) is 0 Å². The van der Waals surface area contributed by atoms with Crippen LogP contribution in [0.25, 0.3) is 10.8 Å². The molecule has 0 saturated carbocycles. The second kappa shape index (κ2) is 5.58. The molecule has 0 amide bonds. The predicted molar refractivity (Wildman–Crippen MR) is 82.2 cm³/mol. The Morgan fingerprint density at radius 2 is 2.00 bits per heavy atom. The minimum Gasteiger partial charge on any atom is -0.380 e. The molecule has 0 bridgehead atoms. The minimum atomic E-state index is -0.384. The fourth-order valence-corrected chi connectivity index (χ4v) is 2.24. The number of hydrogen-bond acceptors (Lipinski definition) is 4. The molecule has 1 N–H and O–H groups in total. The maximum Gasteiger partial charge on any atom is 0.269 e. The maximum atomic E-state index is 10.8. The first-order valence-corrected chi connectivity index (χ1v) is 6.54. The summed E-state index contributed by atoms with van der Waals surface area (Å²) in [6.45, 7) is 0.523. The van der Waals surface area contributed by atoms with E-state index < -0.39 is 0 Å². The average Bonchev–Trinajstić information content (AvgIpc) is 2.53. The molecule has 0 fully saturated rings. The smallest absolute Gasteiger partial charge is 0.269 e. The number of benzene rings is 2. The molecule has 1 aromatic heterocycles. The predicted octanol–water partition coefficient (Wildman–Crippen LogP) is 3.76. The van der Waals surface area contributed by atoms with Crippen molar-refractivity contribution in [2.24, 2.45) is 0 Å². The lowest BCUT2D eigenvalue weighted by molar-refractivity contribution is -0.384. The lowest BCUT2D eigenvalue weighted by atomic mass is 10.1. The Morgan fingerprint density at radius 3 is 2.86 bits per heavy atom. The number of hydrogen-bond donors (Lipinski definition) is 1. The molecule has 0 saturated heterocycles. The van der Waals surface area contributed by atoms with Crippen molar-refractivity contribution >= 4 is 22.1 Å². The van der Waals surface area contributed by atoms with E-state index in [0.717, 1.165) is 22.0 Å². The molecule has 5 heteroatoms. The van der Waals surface area contributed by atoms with Crippen molar-refractivity contribution in [3.63, 3.8) is 0 Å². The van der Waals surface area contributed by atoms with Crippen LogP contribution >= 0.6 is 0 Å². The van der Waals surface area contributed by atoms with E-state index in [1.165, 1.54) is 6.07 Å². The van der Waals surface area contributed by atoms with Gasteiger partial charge in [-0.1, -0.05) is 24.3 Å². The molecule has 0 unspecified atom stereocenters. The van der Waals surface area contributed by atoms with E-state index in [4.69, 9.17) is 0 Å². The molecular formula is C16H13N3O2. The summed E-state index contributed by atoms with van der Waals surface area (Å²) in [6, 6.07) is 14.5. The summed E-state index contributed by atoms with van der Waals surface area (Å²) in [4.78, 5) is 14.5. The van der Waals surface area contributed by atoms with Gasteiger partial charge in [0, 0.05) is 42.1 Å². The van der Waals surface area contributed by atoms with Crippen molar-refractivity contribution in [2.45, 2.75) is 6.54 Å². The van der Waals surface area contributed by atoms with Gasteiger partial charge >= 0.3 is 0 Å². The summed E-state index contributed by atoms with van der Waals surface area (Å²) >= 11 is 0. The van der Waals surface area contributed by atoms with Gasteiger partial charge in [0.15, 0.2) is 0 Å². The number of non-ortho nitro benzene ring substituents is 1. The fourth-order valence-electron chi connectivity index (χ4n) is 2.24. The van der Waals surface area contributed by atoms with Crippen LogP contribution in [0.2, 0.25) is 0 Å². The van der Waals surface area contributed by atoms with E-state index >= 15 is 0 Å². The summed E-state index contributed by atoms with van der Waals surface area (Å²) in [5.41, 5.74) is 1.94. The third-order valence-electron chi connectivity index (χ3n) is 3.29. The highest BCUT2D eigenvalue weighted by Gasteiger charge is 2.06. The van der Waals surface area contributed by atoms with Gasteiger partial charge in [0.25, 0.3) is 5.69 Å². The molecule has 3 rings (SSSR count). The average molecular weight is 279 g/mol. The van der Waals surface area contributed by atoms with E-state index in [1.807, 2.05) is 36.5 Å². The van der Waals surface area contributed by atoms with E-state index in [1.54, 1.807) is 18.3 Å². The molecule has 0 radical (unpaired) electrons. The van der Waals surface area contributed by atoms with Gasteiger partial charge in [0.05, 0.1) is 4.92 Å². The lowest BCUT2D eigenvalue weighted by Gasteiger charge is -2.09. The zero-order chi connectivity index (χ0) is 14.7. The number of fused-ring (bicyclic) bond motifs is 1. The highest BCUT2D eigenvalue weighted by Crippen LogP contribution is 2.23. The zero-order valence-corrected chi connectivity index (χ0v) is 11.2. The normalized spacial score (nSPS) is 10.5. The number of nitrogens with zero attached hydrogens (tertiary/aromatic N) is 2. The summed E-state index contributed by atoms with van der Waals surface area (Å²) in [5, 5.41) is 16.2. The molecule has 0 aliphatic heterocycles. The third kappa shape index (κ3) is 2.81. The third-order valence-corrected chi connectivity index (χ3v) is 3.29. The van der Waals surface area contributed by atoms with Gasteiger partial charge in [0.2, 0.25) is 0 Å². The van der Waals surface area contributed by atoms with E-state index in [-0.39, 0.29) is 10.6 Å². The van der Waals surface area contributed by atoms with Crippen LogP contribution in [0.3, 0.4) is 0 Å². The molecule has 0 atom stereocenters. The fraction of sp³-hybridized carbons (Fsp3) is 0.0625. The van der Waals surface area contributed by atoms with Gasteiger partial charge in [0.1, 0.15) is 0 Å². The van der Waals surface area contributed by atoms with E-state index in [9.17, 15) is 10.1 Å². The van der Waals surface area contributed by atoms with Gasteiger partial charge in [-0.25, -0.2) is 0 Å². The molecule has 0 aliphatic carbocycles. The SMILES string of the molecule is O=[N+]([O-])c1cccc(CNc2cccc3ccncc23)c1. The van der Waals surface area contributed by atoms with Crippen molar-refractivity contribution in [3.8, 4) is 0 Å². The van der Waals surface area contributed by atoms with Crippen LogP contribution in [0.15, 0.2) is 60.9 Å². The molecule has 1 heterocycles. The number of pyridine rings is 1. The summed E-state index contributed by atoms with van der Waals surface area (Å²) in [6.07, 6.45) is 3.57. The number of nitro groups is 1. The van der Waals surface area contributed by atoms with Crippen molar-refractivity contribution in [1.29, 1.82) is 0 Å². The van der Waals surface area contributed by atoms with Crippen LogP contribution in [0, 0.1) is 10.1 Å². The van der Waals surface area contributed by atoms with Crippen LogP contribution < -0.4 is 5.32 Å². The number of aromatic nitrogens is 1. The Kier molecular flexibility index (Phi) is 3.47. The molecular weight excluding hydrogens is 266 g/mol. The second-order valence-electron chi connectivity index (χ2n) is 4.68. The van der Waals surface area contributed by atoms with E-state index in [0.29, 0.717) is 6.54 Å². The summed E-state index contributed by atoms with van der Waals surface area (Å²) in [7, 11) is 0. The quantitative estimate of drug-likeness (QED) is 0.583. The minimum absolute atomic E-state index is 0.105. The molecule has 104 valence electrons. The topological polar surface area (TPSA) is 68.1 Å². The molecule has 21 heavy (non-hydrogen) atoms. The van der Waals surface area contributed by atoms with Crippen molar-refractivity contribution in [2.75, 3.05) is 5.32 Å². The molecule has 3 aromatic rings. The van der Waals surface area contributed by atoms with Crippen LogP contribution in [-0.2, 0) is 6.54 Å². The Balaban J connectivity index is 1.84. The Bertz CT molecular complexity index is 797. The largest absolute Gasteiger partial charge is 0.380 e. The van der Waals surface area contributed by atoms with Crippen molar-refractivity contribution in [3.05, 3.63) is 76.6 Å². The zero-order valence-electron chi connectivity index (χ0n) is 11.2. The first-order chi connectivity index (χ1) is 10.2. The summed E-state index contributed by atoms with van der Waals surface area (Å²) in [5.74, 6) is 0. The van der Waals surface area contributed by atoms with Gasteiger partial charge in [-0.2, -0.15) is 0 Å². The Hall–Kier alpha value is -2.95. The maximum absolute atomic E-state index is 10.8. The molecule has 0 spiro atoms. The number of nitrogens with one attached hydrogen (secondary N) is 1. The standard InChI is InChI=1S/C16H13N3O2/c20-19(21)14-5-1-3-12(9-14)10-18-16-6-2-4-13-7-8-17-11-15(13)16/h1-9,11,18H,10H2. The van der Waals surface area contributed by atoms with Crippen molar-refractivity contribution < 1.29 is 4.92 Å². The van der Waals surface area contributed by atoms with Gasteiger partial charge in [-0.15, -0.1) is 0 Å². The monoisotopic (exact) mass is 279 g/mol. The number of rotatable bonds is 4. The molecule has 2 aromatic carbocycles. The highest BCUT2D eigenvalue weighted by molar-refractivity contribution is 5.93. The number of anilines is 1. The number of nitro benzene ring substituents is 1. The van der Waals surface area contributed by atoms with Gasteiger partial charge < -0.3 is 5.32 Å². The van der Waals surface area contributed by atoms with Crippen molar-refractivity contribution in [1.82, 2.24) is 4.98 Å². The van der Waals surface area contributed by atoms with Gasteiger partial charge in [-0.3, -0.25) is 15.1 Å². The van der Waals surface area contributed by atoms with E-state index in [2.05, 4.69) is 10.3 Å². The van der Waals surface area contributed by atoms with Crippen LogP contribution in [-0.4, -0.2) is 9.91 Å². The second-order valence-corrected chi connectivity index (χ2v) is 4.68. The van der Waals surface area contributed by atoms with Gasteiger partial charge in [-0.05, 0) is 23.1 Å². The molecule has 0 aliphatic rings. The Morgan fingerprint density at radius 1 is 1.14 bits per heavy atom. The molecule has 5 nitrogen and oxygen atoms in total. The highest BCUT2D eigenvalue weighted by atomic mass is 16.6. The summed E-state index contributed by atoms with van der Waals surface area (Å²) < 4.78 is 0. The van der Waals surface area contributed by atoms with Crippen LogP contribution in [0.4, 0.5) is 11.4 Å². The van der Waals surface area contributed by atoms with Crippen LogP contribution in [0.1, 0.15) is 5.56 Å². The first kappa shape index (κ1) is 13.1. The first-order valence-electron chi connectivity index (χ1n) is 6.54.